The Balaban J connectivity index is 2.05. The Morgan fingerprint density at radius 3 is 2.47 bits per heavy atom. The van der Waals surface area contributed by atoms with Crippen molar-refractivity contribution in [2.75, 3.05) is 26.3 Å². The van der Waals surface area contributed by atoms with Gasteiger partial charge in [-0.2, -0.15) is 0 Å². The van der Waals surface area contributed by atoms with Crippen molar-refractivity contribution in [3.05, 3.63) is 0 Å². The molecule has 7 heteroatoms. The van der Waals surface area contributed by atoms with Crippen LogP contribution in [0.3, 0.4) is 0 Å². The fourth-order valence-corrected chi connectivity index (χ4v) is 2.75. The lowest BCUT2D eigenvalue weighted by Gasteiger charge is -2.39. The van der Waals surface area contributed by atoms with Crippen LogP contribution in [0.5, 0.6) is 0 Å². The summed E-state index contributed by atoms with van der Waals surface area (Å²) in [6, 6.07) is -0.156. The first kappa shape index (κ1) is 13.9. The molecule has 1 heterocycles. The number of carbonyl (C=O) groups excluding carboxylic acids is 1. The highest BCUT2D eigenvalue weighted by Gasteiger charge is 2.39. The number of oxime groups is 1. The van der Waals surface area contributed by atoms with Crippen LogP contribution < -0.4 is 11.1 Å². The van der Waals surface area contributed by atoms with E-state index < -0.39 is 5.54 Å². The van der Waals surface area contributed by atoms with Gasteiger partial charge < -0.3 is 25.9 Å². The van der Waals surface area contributed by atoms with E-state index in [0.29, 0.717) is 26.3 Å². The van der Waals surface area contributed by atoms with Gasteiger partial charge in [0.15, 0.2) is 5.84 Å². The van der Waals surface area contributed by atoms with Gasteiger partial charge in [0.1, 0.15) is 5.54 Å². The van der Waals surface area contributed by atoms with E-state index >= 15 is 0 Å². The zero-order valence-electron chi connectivity index (χ0n) is 11.1. The number of amides is 2. The van der Waals surface area contributed by atoms with Crippen LogP contribution in [-0.2, 0) is 4.74 Å². The van der Waals surface area contributed by atoms with E-state index in [1.807, 2.05) is 0 Å². The van der Waals surface area contributed by atoms with Crippen LogP contribution in [-0.4, -0.2) is 53.8 Å². The zero-order valence-corrected chi connectivity index (χ0v) is 11.1. The standard InChI is InChI=1S/C12H22N4O3/c13-10(15-18)12(4-2-1-3-5-12)14-11(17)16-6-8-19-9-7-16/h18H,1-9H2,(H2,13,15)(H,14,17). The van der Waals surface area contributed by atoms with Crippen molar-refractivity contribution in [2.45, 2.75) is 37.6 Å². The molecule has 1 saturated carbocycles. The molecule has 1 aliphatic carbocycles. The SMILES string of the molecule is NC(=NO)C1(NC(=O)N2CCOCC2)CCCCC1. The summed E-state index contributed by atoms with van der Waals surface area (Å²) in [4.78, 5) is 14.0. The van der Waals surface area contributed by atoms with Gasteiger partial charge in [-0.25, -0.2) is 4.79 Å². The van der Waals surface area contributed by atoms with Crippen molar-refractivity contribution >= 4 is 11.9 Å². The van der Waals surface area contributed by atoms with Gasteiger partial charge in [0.05, 0.1) is 13.2 Å². The summed E-state index contributed by atoms with van der Waals surface area (Å²) in [6.07, 6.45) is 4.51. The summed E-state index contributed by atoms with van der Waals surface area (Å²) in [5, 5.41) is 15.0. The average molecular weight is 270 g/mol. The molecule has 2 amide bonds. The number of hydrogen-bond acceptors (Lipinski definition) is 4. The summed E-state index contributed by atoms with van der Waals surface area (Å²) in [5.41, 5.74) is 5.11. The molecular weight excluding hydrogens is 248 g/mol. The highest BCUT2D eigenvalue weighted by molar-refractivity contribution is 5.93. The van der Waals surface area contributed by atoms with Gasteiger partial charge in [-0.05, 0) is 12.8 Å². The Bertz CT molecular complexity index is 347. The number of rotatable bonds is 2. The van der Waals surface area contributed by atoms with E-state index in [0.717, 1.165) is 32.1 Å². The number of nitrogens with two attached hydrogens (primary N) is 1. The fourth-order valence-electron chi connectivity index (χ4n) is 2.75. The lowest BCUT2D eigenvalue weighted by atomic mass is 9.81. The molecule has 2 fully saturated rings. The van der Waals surface area contributed by atoms with Gasteiger partial charge >= 0.3 is 6.03 Å². The number of hydrogen-bond donors (Lipinski definition) is 3. The highest BCUT2D eigenvalue weighted by atomic mass is 16.5. The maximum absolute atomic E-state index is 12.3. The van der Waals surface area contributed by atoms with Gasteiger partial charge in [-0.1, -0.05) is 24.4 Å². The van der Waals surface area contributed by atoms with Crippen LogP contribution in [0.15, 0.2) is 5.16 Å². The minimum Gasteiger partial charge on any atom is -0.409 e. The van der Waals surface area contributed by atoms with E-state index in [1.54, 1.807) is 4.90 Å². The smallest absolute Gasteiger partial charge is 0.318 e. The molecule has 0 radical (unpaired) electrons. The van der Waals surface area contributed by atoms with Gasteiger partial charge in [0.25, 0.3) is 0 Å². The molecule has 0 aromatic rings. The number of ether oxygens (including phenoxy) is 1. The summed E-state index contributed by atoms with van der Waals surface area (Å²) in [5.74, 6) is 0.105. The number of amidine groups is 1. The van der Waals surface area contributed by atoms with E-state index in [2.05, 4.69) is 10.5 Å². The largest absolute Gasteiger partial charge is 0.409 e. The number of carbonyl (C=O) groups is 1. The Labute approximate surface area is 112 Å². The molecule has 0 spiro atoms. The maximum atomic E-state index is 12.3. The minimum absolute atomic E-state index is 0.105. The Kier molecular flexibility index (Phi) is 4.47. The van der Waals surface area contributed by atoms with Crippen LogP contribution in [0.2, 0.25) is 0 Å². The Morgan fingerprint density at radius 1 is 1.26 bits per heavy atom. The van der Waals surface area contributed by atoms with Crippen LogP contribution in [0, 0.1) is 0 Å². The van der Waals surface area contributed by atoms with Crippen molar-refractivity contribution in [1.82, 2.24) is 10.2 Å². The molecule has 0 unspecified atom stereocenters. The third-order valence-electron chi connectivity index (χ3n) is 3.95. The number of morpholine rings is 1. The summed E-state index contributed by atoms with van der Waals surface area (Å²) >= 11 is 0. The van der Waals surface area contributed by atoms with E-state index in [4.69, 9.17) is 15.7 Å². The van der Waals surface area contributed by atoms with Crippen molar-refractivity contribution < 1.29 is 14.7 Å². The van der Waals surface area contributed by atoms with Crippen molar-refractivity contribution in [3.63, 3.8) is 0 Å². The third-order valence-corrected chi connectivity index (χ3v) is 3.95. The number of nitrogens with one attached hydrogen (secondary N) is 1. The van der Waals surface area contributed by atoms with Gasteiger partial charge in [0.2, 0.25) is 0 Å². The van der Waals surface area contributed by atoms with Crippen LogP contribution >= 0.6 is 0 Å². The fraction of sp³-hybridized carbons (Fsp3) is 0.833. The van der Waals surface area contributed by atoms with Crippen LogP contribution in [0.4, 0.5) is 4.79 Å². The summed E-state index contributed by atoms with van der Waals surface area (Å²) in [6.45, 7) is 2.28. The lowest BCUT2D eigenvalue weighted by molar-refractivity contribution is 0.0512. The van der Waals surface area contributed by atoms with E-state index in [-0.39, 0.29) is 11.9 Å². The molecule has 0 bridgehead atoms. The van der Waals surface area contributed by atoms with Gasteiger partial charge in [-0.15, -0.1) is 0 Å². The van der Waals surface area contributed by atoms with Crippen LogP contribution in [0.1, 0.15) is 32.1 Å². The molecule has 0 aromatic carbocycles. The first-order chi connectivity index (χ1) is 9.18. The normalized spacial score (nSPS) is 24.0. The third kappa shape index (κ3) is 3.09. The molecule has 2 rings (SSSR count). The van der Waals surface area contributed by atoms with Crippen LogP contribution in [0.25, 0.3) is 0 Å². The zero-order chi connectivity index (χ0) is 13.7. The predicted molar refractivity (Wildman–Crippen MR) is 70.1 cm³/mol. The maximum Gasteiger partial charge on any atom is 0.318 e. The van der Waals surface area contributed by atoms with Crippen molar-refractivity contribution in [2.24, 2.45) is 10.9 Å². The second-order valence-electron chi connectivity index (χ2n) is 5.16. The first-order valence-electron chi connectivity index (χ1n) is 6.81. The molecule has 7 nitrogen and oxygen atoms in total. The lowest BCUT2D eigenvalue weighted by Crippen LogP contribution is -2.62. The minimum atomic E-state index is -0.692. The highest BCUT2D eigenvalue weighted by Crippen LogP contribution is 2.28. The Morgan fingerprint density at radius 2 is 1.89 bits per heavy atom. The van der Waals surface area contributed by atoms with E-state index in [9.17, 15) is 4.79 Å². The van der Waals surface area contributed by atoms with E-state index in [1.165, 1.54) is 0 Å². The molecule has 2 aliphatic rings. The quantitative estimate of drug-likeness (QED) is 0.294. The van der Waals surface area contributed by atoms with Gasteiger partial charge in [-0.3, -0.25) is 0 Å². The molecule has 19 heavy (non-hydrogen) atoms. The van der Waals surface area contributed by atoms with Gasteiger partial charge in [0, 0.05) is 13.1 Å². The van der Waals surface area contributed by atoms with Crippen molar-refractivity contribution in [1.29, 1.82) is 0 Å². The second-order valence-corrected chi connectivity index (χ2v) is 5.16. The molecule has 4 N–H and O–H groups in total. The summed E-state index contributed by atoms with van der Waals surface area (Å²) < 4.78 is 5.22. The molecule has 0 atom stereocenters. The number of urea groups is 1. The first-order valence-corrected chi connectivity index (χ1v) is 6.81. The predicted octanol–water partition coefficient (Wildman–Crippen LogP) is 0.477. The molecule has 0 aromatic heterocycles. The second kappa shape index (κ2) is 6.10. The number of nitrogens with zero attached hydrogens (tertiary/aromatic N) is 2. The monoisotopic (exact) mass is 270 g/mol. The average Bonchev–Trinajstić information content (AvgIpc) is 2.48. The molecule has 108 valence electrons. The molecule has 1 aliphatic heterocycles. The van der Waals surface area contributed by atoms with Crippen molar-refractivity contribution in [3.8, 4) is 0 Å². The Hall–Kier alpha value is -1.50. The molecule has 1 saturated heterocycles. The summed E-state index contributed by atoms with van der Waals surface area (Å²) in [7, 11) is 0. The molecular formula is C12H22N4O3. The topological polar surface area (TPSA) is 100 Å².